The quantitative estimate of drug-likeness (QED) is 0.364. The van der Waals surface area contributed by atoms with E-state index in [9.17, 15) is 10.2 Å². The van der Waals surface area contributed by atoms with E-state index in [2.05, 4.69) is 6.92 Å². The number of unbranched alkanes of at least 4 members (excludes halogenated alkanes) is 9. The van der Waals surface area contributed by atoms with E-state index >= 15 is 0 Å². The standard InChI is InChI=1S/C19H40O2/c1-3-5-6-7-9-13-16-19(21)17-14-11-8-10-12-15-18(20)4-2/h18-21H,3-17H2,1-2H3. The zero-order valence-corrected chi connectivity index (χ0v) is 14.7. The van der Waals surface area contributed by atoms with Gasteiger partial charge in [0.2, 0.25) is 0 Å². The molecule has 2 atom stereocenters. The molecular weight excluding hydrogens is 260 g/mol. The van der Waals surface area contributed by atoms with Crippen LogP contribution in [0.5, 0.6) is 0 Å². The summed E-state index contributed by atoms with van der Waals surface area (Å²) >= 11 is 0. The third-order valence-corrected chi connectivity index (χ3v) is 4.44. The van der Waals surface area contributed by atoms with Crippen LogP contribution < -0.4 is 0 Å². The lowest BCUT2D eigenvalue weighted by Crippen LogP contribution is -2.06. The summed E-state index contributed by atoms with van der Waals surface area (Å²) in [5, 5.41) is 19.4. The summed E-state index contributed by atoms with van der Waals surface area (Å²) < 4.78 is 0. The number of aliphatic hydroxyl groups excluding tert-OH is 2. The molecule has 0 spiro atoms. The number of aliphatic hydroxyl groups is 2. The Balaban J connectivity index is 3.17. The van der Waals surface area contributed by atoms with Gasteiger partial charge in [-0.1, -0.05) is 84.5 Å². The molecule has 0 aromatic heterocycles. The van der Waals surface area contributed by atoms with Gasteiger partial charge >= 0.3 is 0 Å². The Bertz CT molecular complexity index is 194. The zero-order valence-electron chi connectivity index (χ0n) is 14.7. The summed E-state index contributed by atoms with van der Waals surface area (Å²) in [5.41, 5.74) is 0. The third kappa shape index (κ3) is 16.1. The van der Waals surface area contributed by atoms with Gasteiger partial charge in [-0.3, -0.25) is 0 Å². The third-order valence-electron chi connectivity index (χ3n) is 4.44. The highest BCUT2D eigenvalue weighted by Gasteiger charge is 2.04. The second-order valence-corrected chi connectivity index (χ2v) is 6.62. The van der Waals surface area contributed by atoms with E-state index in [4.69, 9.17) is 0 Å². The van der Waals surface area contributed by atoms with Crippen molar-refractivity contribution in [2.45, 2.75) is 122 Å². The van der Waals surface area contributed by atoms with Crippen LogP contribution in [0.2, 0.25) is 0 Å². The monoisotopic (exact) mass is 300 g/mol. The van der Waals surface area contributed by atoms with E-state index < -0.39 is 0 Å². The molecule has 2 nitrogen and oxygen atoms in total. The van der Waals surface area contributed by atoms with Gasteiger partial charge < -0.3 is 10.2 Å². The maximum atomic E-state index is 9.93. The Labute approximate surface area is 133 Å². The molecule has 2 unspecified atom stereocenters. The summed E-state index contributed by atoms with van der Waals surface area (Å²) in [6.45, 7) is 4.28. The second-order valence-electron chi connectivity index (χ2n) is 6.62. The Kier molecular flexibility index (Phi) is 16.2. The van der Waals surface area contributed by atoms with E-state index in [0.29, 0.717) is 0 Å². The van der Waals surface area contributed by atoms with Crippen LogP contribution in [0.3, 0.4) is 0 Å². The van der Waals surface area contributed by atoms with Gasteiger partial charge in [0.05, 0.1) is 12.2 Å². The van der Waals surface area contributed by atoms with Gasteiger partial charge in [-0.25, -0.2) is 0 Å². The molecule has 0 bridgehead atoms. The Hall–Kier alpha value is -0.0800. The lowest BCUT2D eigenvalue weighted by Gasteiger charge is -2.10. The summed E-state index contributed by atoms with van der Waals surface area (Å²) in [6, 6.07) is 0. The van der Waals surface area contributed by atoms with Crippen molar-refractivity contribution in [2.75, 3.05) is 0 Å². The first kappa shape index (κ1) is 20.9. The van der Waals surface area contributed by atoms with Crippen LogP contribution in [0.15, 0.2) is 0 Å². The van der Waals surface area contributed by atoms with Crippen molar-refractivity contribution < 1.29 is 10.2 Å². The first-order valence-electron chi connectivity index (χ1n) is 9.56. The van der Waals surface area contributed by atoms with E-state index in [1.54, 1.807) is 0 Å². The number of hydrogen-bond donors (Lipinski definition) is 2. The Morgan fingerprint density at radius 1 is 0.524 bits per heavy atom. The largest absolute Gasteiger partial charge is 0.393 e. The number of rotatable bonds is 16. The molecule has 2 N–H and O–H groups in total. The van der Waals surface area contributed by atoms with Crippen LogP contribution in [-0.2, 0) is 0 Å². The normalized spacial score (nSPS) is 14.3. The Morgan fingerprint density at radius 2 is 0.905 bits per heavy atom. The minimum Gasteiger partial charge on any atom is -0.393 e. The minimum atomic E-state index is -0.0934. The molecule has 0 aliphatic heterocycles. The van der Waals surface area contributed by atoms with Crippen LogP contribution in [0.4, 0.5) is 0 Å². The highest BCUT2D eigenvalue weighted by atomic mass is 16.3. The molecule has 21 heavy (non-hydrogen) atoms. The number of hydrogen-bond acceptors (Lipinski definition) is 2. The first-order chi connectivity index (χ1) is 10.2. The summed E-state index contributed by atoms with van der Waals surface area (Å²) in [7, 11) is 0. The van der Waals surface area contributed by atoms with Crippen molar-refractivity contribution in [1.82, 2.24) is 0 Å². The zero-order chi connectivity index (χ0) is 15.8. The van der Waals surface area contributed by atoms with Gasteiger partial charge in [-0.05, 0) is 25.7 Å². The van der Waals surface area contributed by atoms with Gasteiger partial charge in [0.15, 0.2) is 0 Å². The molecule has 0 saturated heterocycles. The topological polar surface area (TPSA) is 40.5 Å². The van der Waals surface area contributed by atoms with Crippen molar-refractivity contribution in [3.05, 3.63) is 0 Å². The molecule has 128 valence electrons. The summed E-state index contributed by atoms with van der Waals surface area (Å²) in [6.07, 6.45) is 17.5. The van der Waals surface area contributed by atoms with Gasteiger partial charge in [-0.2, -0.15) is 0 Å². The second kappa shape index (κ2) is 16.3. The van der Waals surface area contributed by atoms with Crippen LogP contribution in [-0.4, -0.2) is 22.4 Å². The molecule has 0 radical (unpaired) electrons. The fraction of sp³-hybridized carbons (Fsp3) is 1.00. The van der Waals surface area contributed by atoms with Gasteiger partial charge in [0.25, 0.3) is 0 Å². The molecular formula is C19H40O2. The molecule has 0 fully saturated rings. The molecule has 0 rings (SSSR count). The van der Waals surface area contributed by atoms with E-state index in [1.165, 1.54) is 57.8 Å². The van der Waals surface area contributed by atoms with Gasteiger partial charge in [0.1, 0.15) is 0 Å². The lowest BCUT2D eigenvalue weighted by molar-refractivity contribution is 0.146. The van der Waals surface area contributed by atoms with Gasteiger partial charge in [0, 0.05) is 0 Å². The van der Waals surface area contributed by atoms with Gasteiger partial charge in [-0.15, -0.1) is 0 Å². The predicted molar refractivity (Wildman–Crippen MR) is 92.6 cm³/mol. The summed E-state index contributed by atoms with van der Waals surface area (Å²) in [4.78, 5) is 0. The molecule has 0 heterocycles. The average molecular weight is 301 g/mol. The van der Waals surface area contributed by atoms with Crippen LogP contribution in [0, 0.1) is 0 Å². The first-order valence-corrected chi connectivity index (χ1v) is 9.56. The van der Waals surface area contributed by atoms with E-state index in [1.807, 2.05) is 6.92 Å². The fourth-order valence-electron chi connectivity index (χ4n) is 2.80. The van der Waals surface area contributed by atoms with Crippen molar-refractivity contribution in [2.24, 2.45) is 0 Å². The van der Waals surface area contributed by atoms with Crippen LogP contribution in [0.25, 0.3) is 0 Å². The maximum Gasteiger partial charge on any atom is 0.0540 e. The Morgan fingerprint density at radius 3 is 1.33 bits per heavy atom. The fourth-order valence-corrected chi connectivity index (χ4v) is 2.80. The minimum absolute atomic E-state index is 0.0712. The average Bonchev–Trinajstić information content (AvgIpc) is 2.49. The molecule has 2 heteroatoms. The molecule has 0 saturated carbocycles. The molecule has 0 aromatic rings. The highest BCUT2D eigenvalue weighted by Crippen LogP contribution is 2.14. The molecule has 0 amide bonds. The smallest absolute Gasteiger partial charge is 0.0540 e. The molecule has 0 aromatic carbocycles. The predicted octanol–water partition coefficient (Wildman–Crippen LogP) is 5.60. The van der Waals surface area contributed by atoms with E-state index in [-0.39, 0.29) is 12.2 Å². The van der Waals surface area contributed by atoms with Crippen molar-refractivity contribution in [3.63, 3.8) is 0 Å². The highest BCUT2D eigenvalue weighted by molar-refractivity contribution is 4.58. The van der Waals surface area contributed by atoms with Crippen LogP contribution >= 0.6 is 0 Å². The molecule has 0 aliphatic carbocycles. The van der Waals surface area contributed by atoms with E-state index in [0.717, 1.165) is 38.5 Å². The van der Waals surface area contributed by atoms with Crippen molar-refractivity contribution in [1.29, 1.82) is 0 Å². The summed E-state index contributed by atoms with van der Waals surface area (Å²) in [5.74, 6) is 0. The lowest BCUT2D eigenvalue weighted by atomic mass is 10.0. The molecule has 0 aliphatic rings. The van der Waals surface area contributed by atoms with Crippen molar-refractivity contribution in [3.8, 4) is 0 Å². The SMILES string of the molecule is CCCCCCCCC(O)CCCCCCCC(O)CC. The maximum absolute atomic E-state index is 9.93. The van der Waals surface area contributed by atoms with Crippen molar-refractivity contribution >= 4 is 0 Å². The van der Waals surface area contributed by atoms with Crippen LogP contribution in [0.1, 0.15) is 110 Å².